The Bertz CT molecular complexity index is 684. The minimum absolute atomic E-state index is 0.187. The quantitative estimate of drug-likeness (QED) is 0.859. The zero-order valence-electron chi connectivity index (χ0n) is 12.0. The molecule has 0 saturated carbocycles. The molecule has 0 bridgehead atoms. The van der Waals surface area contributed by atoms with Gasteiger partial charge in [-0.05, 0) is 30.2 Å². The molecule has 2 aromatic rings. The molecule has 1 amide bonds. The number of thiophene rings is 1. The van der Waals surface area contributed by atoms with Crippen LogP contribution in [0.4, 0.5) is 4.39 Å². The fourth-order valence-corrected chi connectivity index (χ4v) is 2.81. The summed E-state index contributed by atoms with van der Waals surface area (Å²) in [5, 5.41) is 11.6. The SMILES string of the molecule is CC(Cc1ccccc1F)C(=O)NCc1ccc(C(=O)O)s1. The highest BCUT2D eigenvalue weighted by Crippen LogP contribution is 2.17. The van der Waals surface area contributed by atoms with E-state index in [2.05, 4.69) is 5.32 Å². The molecule has 0 spiro atoms. The van der Waals surface area contributed by atoms with Gasteiger partial charge in [0.1, 0.15) is 10.7 Å². The Kier molecular flexibility index (Phi) is 5.27. The van der Waals surface area contributed by atoms with Gasteiger partial charge in [-0.15, -0.1) is 11.3 Å². The Morgan fingerprint density at radius 3 is 2.64 bits per heavy atom. The lowest BCUT2D eigenvalue weighted by atomic mass is 10.00. The van der Waals surface area contributed by atoms with Gasteiger partial charge < -0.3 is 10.4 Å². The summed E-state index contributed by atoms with van der Waals surface area (Å²) in [5.74, 6) is -1.84. The summed E-state index contributed by atoms with van der Waals surface area (Å²) in [5.41, 5.74) is 0.509. The van der Waals surface area contributed by atoms with Crippen LogP contribution in [0.25, 0.3) is 0 Å². The van der Waals surface area contributed by atoms with E-state index in [1.54, 1.807) is 31.2 Å². The third kappa shape index (κ3) is 4.14. The van der Waals surface area contributed by atoms with Gasteiger partial charge >= 0.3 is 5.97 Å². The summed E-state index contributed by atoms with van der Waals surface area (Å²) in [6, 6.07) is 9.58. The molecular weight excluding hydrogens is 305 g/mol. The predicted molar refractivity (Wildman–Crippen MR) is 82.4 cm³/mol. The molecule has 0 fully saturated rings. The highest BCUT2D eigenvalue weighted by molar-refractivity contribution is 7.13. The summed E-state index contributed by atoms with van der Waals surface area (Å²) in [7, 11) is 0. The van der Waals surface area contributed by atoms with E-state index < -0.39 is 5.97 Å². The Hall–Kier alpha value is -2.21. The van der Waals surface area contributed by atoms with Crippen LogP contribution in [0.15, 0.2) is 36.4 Å². The second-order valence-corrected chi connectivity index (χ2v) is 6.15. The average molecular weight is 321 g/mol. The van der Waals surface area contributed by atoms with E-state index >= 15 is 0 Å². The van der Waals surface area contributed by atoms with Crippen molar-refractivity contribution in [3.05, 3.63) is 57.5 Å². The summed E-state index contributed by atoms with van der Waals surface area (Å²) in [6.07, 6.45) is 0.323. The van der Waals surface area contributed by atoms with Crippen LogP contribution in [0, 0.1) is 11.7 Å². The molecule has 1 unspecified atom stereocenters. The van der Waals surface area contributed by atoms with E-state index in [4.69, 9.17) is 5.11 Å². The lowest BCUT2D eigenvalue weighted by Crippen LogP contribution is -2.29. The van der Waals surface area contributed by atoms with E-state index in [-0.39, 0.29) is 29.1 Å². The van der Waals surface area contributed by atoms with Crippen LogP contribution in [0.1, 0.15) is 27.0 Å². The molecule has 0 radical (unpaired) electrons. The zero-order valence-corrected chi connectivity index (χ0v) is 12.8. The highest BCUT2D eigenvalue weighted by atomic mass is 32.1. The number of hydrogen-bond donors (Lipinski definition) is 2. The van der Waals surface area contributed by atoms with Crippen molar-refractivity contribution >= 4 is 23.2 Å². The molecule has 22 heavy (non-hydrogen) atoms. The molecule has 0 aliphatic heterocycles. The molecule has 2 rings (SSSR count). The van der Waals surface area contributed by atoms with Crippen molar-refractivity contribution in [2.75, 3.05) is 0 Å². The van der Waals surface area contributed by atoms with Crippen LogP contribution in [-0.2, 0) is 17.8 Å². The van der Waals surface area contributed by atoms with Crippen molar-refractivity contribution < 1.29 is 19.1 Å². The van der Waals surface area contributed by atoms with Gasteiger partial charge in [0.25, 0.3) is 0 Å². The number of carbonyl (C=O) groups excluding carboxylic acids is 1. The smallest absolute Gasteiger partial charge is 0.345 e. The third-order valence-corrected chi connectivity index (χ3v) is 4.31. The maximum Gasteiger partial charge on any atom is 0.345 e. The molecule has 1 aromatic heterocycles. The van der Waals surface area contributed by atoms with Crippen LogP contribution in [0.5, 0.6) is 0 Å². The minimum atomic E-state index is -0.976. The van der Waals surface area contributed by atoms with Gasteiger partial charge in [0, 0.05) is 10.8 Å². The standard InChI is InChI=1S/C16H16FNO3S/c1-10(8-11-4-2-3-5-13(11)17)15(19)18-9-12-6-7-14(22-12)16(20)21/h2-7,10H,8-9H2,1H3,(H,18,19)(H,20,21). The van der Waals surface area contributed by atoms with E-state index in [0.29, 0.717) is 12.0 Å². The highest BCUT2D eigenvalue weighted by Gasteiger charge is 2.16. The molecule has 0 aliphatic rings. The first-order valence-electron chi connectivity index (χ1n) is 6.80. The van der Waals surface area contributed by atoms with Gasteiger partial charge in [-0.1, -0.05) is 25.1 Å². The number of hydrogen-bond acceptors (Lipinski definition) is 3. The van der Waals surface area contributed by atoms with E-state index in [9.17, 15) is 14.0 Å². The van der Waals surface area contributed by atoms with Gasteiger partial charge in [-0.2, -0.15) is 0 Å². The summed E-state index contributed by atoms with van der Waals surface area (Å²) in [4.78, 5) is 23.8. The van der Waals surface area contributed by atoms with Gasteiger partial charge in [-0.25, -0.2) is 9.18 Å². The lowest BCUT2D eigenvalue weighted by Gasteiger charge is -2.12. The largest absolute Gasteiger partial charge is 0.477 e. The fraction of sp³-hybridized carbons (Fsp3) is 0.250. The number of rotatable bonds is 6. The van der Waals surface area contributed by atoms with Crippen molar-refractivity contribution in [3.63, 3.8) is 0 Å². The van der Waals surface area contributed by atoms with Crippen LogP contribution >= 0.6 is 11.3 Å². The van der Waals surface area contributed by atoms with Crippen molar-refractivity contribution in [3.8, 4) is 0 Å². The topological polar surface area (TPSA) is 66.4 Å². The summed E-state index contributed by atoms with van der Waals surface area (Å²) >= 11 is 1.13. The Morgan fingerprint density at radius 2 is 2.00 bits per heavy atom. The fourth-order valence-electron chi connectivity index (χ4n) is 2.02. The van der Waals surface area contributed by atoms with Crippen molar-refractivity contribution in [1.82, 2.24) is 5.32 Å². The van der Waals surface area contributed by atoms with Gasteiger partial charge in [0.2, 0.25) is 5.91 Å². The van der Waals surface area contributed by atoms with Gasteiger partial charge in [-0.3, -0.25) is 4.79 Å². The summed E-state index contributed by atoms with van der Waals surface area (Å²) in [6.45, 7) is 2.01. The maximum absolute atomic E-state index is 13.6. The van der Waals surface area contributed by atoms with E-state index in [1.165, 1.54) is 12.1 Å². The molecule has 1 heterocycles. The van der Waals surface area contributed by atoms with Crippen LogP contribution in [-0.4, -0.2) is 17.0 Å². The van der Waals surface area contributed by atoms with Gasteiger partial charge in [0.05, 0.1) is 6.54 Å². The normalized spacial score (nSPS) is 11.9. The third-order valence-electron chi connectivity index (χ3n) is 3.24. The second kappa shape index (κ2) is 7.17. The van der Waals surface area contributed by atoms with Crippen molar-refractivity contribution in [2.24, 2.45) is 5.92 Å². The molecule has 0 aliphatic carbocycles. The Labute approximate surface area is 131 Å². The molecule has 1 atom stereocenters. The van der Waals surface area contributed by atoms with Crippen LogP contribution in [0.2, 0.25) is 0 Å². The van der Waals surface area contributed by atoms with Crippen molar-refractivity contribution in [2.45, 2.75) is 19.9 Å². The second-order valence-electron chi connectivity index (χ2n) is 4.99. The van der Waals surface area contributed by atoms with E-state index in [1.807, 2.05) is 0 Å². The minimum Gasteiger partial charge on any atom is -0.477 e. The number of halogens is 1. The predicted octanol–water partition coefficient (Wildman–Crippen LogP) is 3.08. The Balaban J connectivity index is 1.88. The number of carboxylic acid groups (broad SMARTS) is 1. The molecule has 2 N–H and O–H groups in total. The number of carbonyl (C=O) groups is 2. The lowest BCUT2D eigenvalue weighted by molar-refractivity contribution is -0.124. The number of benzene rings is 1. The first-order chi connectivity index (χ1) is 10.5. The number of amides is 1. The van der Waals surface area contributed by atoms with Gasteiger partial charge in [0.15, 0.2) is 0 Å². The number of aromatic carboxylic acids is 1. The first-order valence-corrected chi connectivity index (χ1v) is 7.62. The monoisotopic (exact) mass is 321 g/mol. The molecule has 6 heteroatoms. The zero-order chi connectivity index (χ0) is 16.1. The molecule has 1 aromatic carbocycles. The van der Waals surface area contributed by atoms with Crippen molar-refractivity contribution in [1.29, 1.82) is 0 Å². The van der Waals surface area contributed by atoms with Crippen LogP contribution in [0.3, 0.4) is 0 Å². The maximum atomic E-state index is 13.6. The molecule has 0 saturated heterocycles. The molecular formula is C16H16FNO3S. The summed E-state index contributed by atoms with van der Waals surface area (Å²) < 4.78 is 13.6. The number of carboxylic acids is 1. The average Bonchev–Trinajstić information content (AvgIpc) is 2.96. The first kappa shape index (κ1) is 16.2. The number of nitrogens with one attached hydrogen (secondary N) is 1. The Morgan fingerprint density at radius 1 is 1.27 bits per heavy atom. The molecule has 4 nitrogen and oxygen atoms in total. The van der Waals surface area contributed by atoms with Crippen LogP contribution < -0.4 is 5.32 Å². The van der Waals surface area contributed by atoms with E-state index in [0.717, 1.165) is 16.2 Å². The molecule has 116 valence electrons.